The third kappa shape index (κ3) is 8.76. The topological polar surface area (TPSA) is 54.9 Å². The van der Waals surface area contributed by atoms with Crippen molar-refractivity contribution < 1.29 is 18.3 Å². The molecule has 2 N–H and O–H groups in total. The van der Waals surface area contributed by atoms with Crippen molar-refractivity contribution in [1.29, 1.82) is 0 Å². The molecule has 0 aliphatic carbocycles. The number of hydrogen-bond acceptors (Lipinski definition) is 4. The highest BCUT2D eigenvalue weighted by Crippen LogP contribution is 2.25. The largest absolute Gasteiger partial charge is 0.497 e. The number of ether oxygens (including phenoxy) is 2. The molecule has 0 atom stereocenters. The monoisotopic (exact) mass is 475 g/mol. The fraction of sp³-hybridized carbons (Fsp3) is 0.533. The molecule has 0 amide bonds. The fourth-order valence-electron chi connectivity index (χ4n) is 1.85. The van der Waals surface area contributed by atoms with Crippen LogP contribution in [-0.4, -0.2) is 45.3 Å². The van der Waals surface area contributed by atoms with Gasteiger partial charge >= 0.3 is 6.61 Å². The van der Waals surface area contributed by atoms with E-state index in [9.17, 15) is 8.78 Å². The Morgan fingerprint density at radius 3 is 2.67 bits per heavy atom. The molecule has 1 aromatic carbocycles. The lowest BCUT2D eigenvalue weighted by atomic mass is 10.2. The second kappa shape index (κ2) is 13.3. The van der Waals surface area contributed by atoms with Crippen LogP contribution in [0.4, 0.5) is 8.78 Å². The fourth-order valence-corrected chi connectivity index (χ4v) is 2.29. The Morgan fingerprint density at radius 1 is 1.33 bits per heavy atom. The van der Waals surface area contributed by atoms with Gasteiger partial charge in [-0.05, 0) is 36.6 Å². The van der Waals surface area contributed by atoms with Crippen LogP contribution in [0.25, 0.3) is 0 Å². The molecule has 0 spiro atoms. The first-order chi connectivity index (χ1) is 11.1. The van der Waals surface area contributed by atoms with E-state index in [0.29, 0.717) is 23.8 Å². The van der Waals surface area contributed by atoms with Crippen molar-refractivity contribution in [3.8, 4) is 11.5 Å². The SMILES string of the molecule is CN=C(NCCCSC)NCc1cc(OC)ccc1OC(F)F.I. The van der Waals surface area contributed by atoms with Crippen molar-refractivity contribution in [1.82, 2.24) is 10.6 Å². The molecule has 0 saturated heterocycles. The first-order valence-electron chi connectivity index (χ1n) is 7.16. The maximum absolute atomic E-state index is 12.5. The normalized spacial score (nSPS) is 11.0. The van der Waals surface area contributed by atoms with Crippen LogP contribution in [0.15, 0.2) is 23.2 Å². The summed E-state index contributed by atoms with van der Waals surface area (Å²) in [5, 5.41) is 6.25. The summed E-state index contributed by atoms with van der Waals surface area (Å²) in [5.74, 6) is 2.36. The van der Waals surface area contributed by atoms with Crippen molar-refractivity contribution in [2.75, 3.05) is 32.7 Å². The number of alkyl halides is 2. The summed E-state index contributed by atoms with van der Waals surface area (Å²) in [7, 11) is 3.18. The van der Waals surface area contributed by atoms with Gasteiger partial charge in [0.2, 0.25) is 0 Å². The Hall–Kier alpha value is -0.970. The molecule has 0 aromatic heterocycles. The number of guanidine groups is 1. The lowest BCUT2D eigenvalue weighted by molar-refractivity contribution is -0.0504. The molecule has 1 rings (SSSR count). The lowest BCUT2D eigenvalue weighted by Crippen LogP contribution is -2.37. The van der Waals surface area contributed by atoms with E-state index in [1.54, 1.807) is 30.9 Å². The van der Waals surface area contributed by atoms with Gasteiger partial charge in [0, 0.05) is 25.7 Å². The van der Waals surface area contributed by atoms with E-state index in [0.717, 1.165) is 18.7 Å². The quantitative estimate of drug-likeness (QED) is 0.249. The molecule has 0 heterocycles. The maximum Gasteiger partial charge on any atom is 0.387 e. The Labute approximate surface area is 163 Å². The predicted octanol–water partition coefficient (Wildman–Crippen LogP) is 3.33. The number of nitrogens with zero attached hydrogens (tertiary/aromatic N) is 1. The van der Waals surface area contributed by atoms with E-state index in [2.05, 4.69) is 26.6 Å². The summed E-state index contributed by atoms with van der Waals surface area (Å²) < 4.78 is 34.6. The molecule has 0 bridgehead atoms. The Morgan fingerprint density at radius 2 is 2.08 bits per heavy atom. The van der Waals surface area contributed by atoms with Crippen LogP contribution in [0.5, 0.6) is 11.5 Å². The molecular formula is C15H24F2IN3O2S. The summed E-state index contributed by atoms with van der Waals surface area (Å²) in [6, 6.07) is 4.71. The van der Waals surface area contributed by atoms with E-state index in [1.165, 1.54) is 13.2 Å². The average Bonchev–Trinajstić information content (AvgIpc) is 2.54. The highest BCUT2D eigenvalue weighted by atomic mass is 127. The Balaban J connectivity index is 0.00000529. The minimum absolute atomic E-state index is 0. The zero-order valence-corrected chi connectivity index (χ0v) is 17.1. The molecule has 0 aliphatic rings. The van der Waals surface area contributed by atoms with Crippen LogP contribution in [0.3, 0.4) is 0 Å². The van der Waals surface area contributed by atoms with Gasteiger partial charge in [-0.15, -0.1) is 24.0 Å². The molecule has 0 fully saturated rings. The number of thioether (sulfide) groups is 1. The van der Waals surface area contributed by atoms with Crippen molar-refractivity contribution in [2.24, 2.45) is 4.99 Å². The Bertz CT molecular complexity index is 508. The molecule has 5 nitrogen and oxygen atoms in total. The predicted molar refractivity (Wildman–Crippen MR) is 106 cm³/mol. The number of methoxy groups -OCH3 is 1. The zero-order valence-electron chi connectivity index (χ0n) is 14.0. The van der Waals surface area contributed by atoms with E-state index in [-0.39, 0.29) is 29.7 Å². The highest BCUT2D eigenvalue weighted by molar-refractivity contribution is 14.0. The maximum atomic E-state index is 12.5. The number of rotatable bonds is 9. The van der Waals surface area contributed by atoms with E-state index in [1.807, 2.05) is 0 Å². The molecule has 0 radical (unpaired) electrons. The molecule has 9 heteroatoms. The first-order valence-corrected chi connectivity index (χ1v) is 8.55. The standard InChI is InChI=1S/C15H23F2N3O2S.HI/c1-18-15(19-7-4-8-23-3)20-10-11-9-12(21-2)5-6-13(11)22-14(16)17;/h5-6,9,14H,4,7-8,10H2,1-3H3,(H2,18,19,20);1H. The minimum atomic E-state index is -2.87. The van der Waals surface area contributed by atoms with Crippen molar-refractivity contribution in [3.05, 3.63) is 23.8 Å². The number of hydrogen-bond donors (Lipinski definition) is 2. The van der Waals surface area contributed by atoms with Crippen molar-refractivity contribution >= 4 is 41.7 Å². The molecule has 0 saturated carbocycles. The molecule has 1 aromatic rings. The van der Waals surface area contributed by atoms with Gasteiger partial charge in [-0.2, -0.15) is 20.5 Å². The molecule has 138 valence electrons. The van der Waals surface area contributed by atoms with Gasteiger partial charge in [-0.3, -0.25) is 4.99 Å². The van der Waals surface area contributed by atoms with E-state index < -0.39 is 6.61 Å². The zero-order chi connectivity index (χ0) is 17.1. The number of nitrogens with one attached hydrogen (secondary N) is 2. The molecule has 0 unspecified atom stereocenters. The Kier molecular flexibility index (Phi) is 12.8. The average molecular weight is 475 g/mol. The summed E-state index contributed by atoms with van der Waals surface area (Å²) in [6.07, 6.45) is 3.07. The third-order valence-electron chi connectivity index (χ3n) is 2.97. The van der Waals surface area contributed by atoms with Gasteiger partial charge in [0.25, 0.3) is 0 Å². The van der Waals surface area contributed by atoms with Crippen LogP contribution in [0.1, 0.15) is 12.0 Å². The van der Waals surface area contributed by atoms with Crippen LogP contribution < -0.4 is 20.1 Å². The summed E-state index contributed by atoms with van der Waals surface area (Å²) in [6.45, 7) is -1.79. The minimum Gasteiger partial charge on any atom is -0.497 e. The van der Waals surface area contributed by atoms with Crippen LogP contribution in [0.2, 0.25) is 0 Å². The van der Waals surface area contributed by atoms with Gasteiger partial charge in [-0.1, -0.05) is 0 Å². The first kappa shape index (κ1) is 23.0. The number of benzene rings is 1. The second-order valence-electron chi connectivity index (χ2n) is 4.55. The summed E-state index contributed by atoms with van der Waals surface area (Å²) in [5.41, 5.74) is 0.566. The van der Waals surface area contributed by atoms with Crippen molar-refractivity contribution in [3.63, 3.8) is 0 Å². The number of aliphatic imine (C=N–C) groups is 1. The second-order valence-corrected chi connectivity index (χ2v) is 5.54. The molecular weight excluding hydrogens is 451 g/mol. The van der Waals surface area contributed by atoms with Crippen LogP contribution >= 0.6 is 35.7 Å². The van der Waals surface area contributed by atoms with Crippen LogP contribution in [0, 0.1) is 0 Å². The molecule has 24 heavy (non-hydrogen) atoms. The summed E-state index contributed by atoms with van der Waals surface area (Å²) in [4.78, 5) is 4.10. The van der Waals surface area contributed by atoms with Crippen LogP contribution in [-0.2, 0) is 6.54 Å². The van der Waals surface area contributed by atoms with E-state index in [4.69, 9.17) is 4.74 Å². The van der Waals surface area contributed by atoms with Gasteiger partial charge < -0.3 is 20.1 Å². The number of halogens is 3. The van der Waals surface area contributed by atoms with Gasteiger partial charge in [0.05, 0.1) is 7.11 Å². The smallest absolute Gasteiger partial charge is 0.387 e. The lowest BCUT2D eigenvalue weighted by Gasteiger charge is -2.15. The third-order valence-corrected chi connectivity index (χ3v) is 3.67. The highest BCUT2D eigenvalue weighted by Gasteiger charge is 2.11. The van der Waals surface area contributed by atoms with Gasteiger partial charge in [0.1, 0.15) is 11.5 Å². The van der Waals surface area contributed by atoms with Crippen molar-refractivity contribution in [2.45, 2.75) is 19.6 Å². The van der Waals surface area contributed by atoms with Gasteiger partial charge in [0.15, 0.2) is 5.96 Å². The van der Waals surface area contributed by atoms with E-state index >= 15 is 0 Å². The summed E-state index contributed by atoms with van der Waals surface area (Å²) >= 11 is 1.78. The van der Waals surface area contributed by atoms with Gasteiger partial charge in [-0.25, -0.2) is 0 Å². The molecule has 0 aliphatic heterocycles.